The van der Waals surface area contributed by atoms with E-state index in [1.807, 2.05) is 19.1 Å². The van der Waals surface area contributed by atoms with Crippen molar-refractivity contribution in [1.29, 1.82) is 0 Å². The van der Waals surface area contributed by atoms with Gasteiger partial charge in [0, 0.05) is 17.8 Å². The zero-order valence-corrected chi connectivity index (χ0v) is 12.7. The number of hydrogen-bond donors (Lipinski definition) is 3. The summed E-state index contributed by atoms with van der Waals surface area (Å²) in [5.74, 6) is 0.201. The summed E-state index contributed by atoms with van der Waals surface area (Å²) in [6, 6.07) is 10.3. The minimum absolute atomic E-state index is 0.0981. The van der Waals surface area contributed by atoms with Crippen molar-refractivity contribution in [2.45, 2.75) is 25.3 Å². The summed E-state index contributed by atoms with van der Waals surface area (Å²) in [5, 5.41) is 18.1. The SMILES string of the molecule is Cc1ccc(O)c(CNc2ccc(C)c(S(N)(=O)=O)c2)c1. The molecule has 0 fully saturated rings. The van der Waals surface area contributed by atoms with Crippen LogP contribution in [0.5, 0.6) is 5.75 Å². The van der Waals surface area contributed by atoms with Gasteiger partial charge in [-0.3, -0.25) is 0 Å². The third kappa shape index (κ3) is 3.74. The van der Waals surface area contributed by atoms with E-state index in [1.54, 1.807) is 25.1 Å². The Morgan fingerprint density at radius 1 is 1.14 bits per heavy atom. The van der Waals surface area contributed by atoms with Crippen LogP contribution in [-0.2, 0) is 16.6 Å². The summed E-state index contributed by atoms with van der Waals surface area (Å²) < 4.78 is 23.0. The van der Waals surface area contributed by atoms with Gasteiger partial charge < -0.3 is 10.4 Å². The molecule has 0 aliphatic rings. The Morgan fingerprint density at radius 2 is 1.86 bits per heavy atom. The van der Waals surface area contributed by atoms with E-state index >= 15 is 0 Å². The first kappa shape index (κ1) is 15.3. The summed E-state index contributed by atoms with van der Waals surface area (Å²) in [6.07, 6.45) is 0. The third-order valence-electron chi connectivity index (χ3n) is 3.21. The number of nitrogens with two attached hydrogens (primary N) is 1. The molecule has 112 valence electrons. The number of aryl methyl sites for hydroxylation is 2. The first-order chi connectivity index (χ1) is 9.77. The van der Waals surface area contributed by atoms with Crippen molar-refractivity contribution < 1.29 is 13.5 Å². The molecule has 2 aromatic carbocycles. The zero-order chi connectivity index (χ0) is 15.6. The smallest absolute Gasteiger partial charge is 0.238 e. The standard InChI is InChI=1S/C15H18N2O3S/c1-10-3-6-14(18)12(7-10)9-17-13-5-4-11(2)15(8-13)21(16,19)20/h3-8,17-18H,9H2,1-2H3,(H2,16,19,20). The maximum absolute atomic E-state index is 11.5. The van der Waals surface area contributed by atoms with Gasteiger partial charge in [0.1, 0.15) is 5.75 Å². The molecule has 5 nitrogen and oxygen atoms in total. The van der Waals surface area contributed by atoms with Crippen molar-refractivity contribution >= 4 is 15.7 Å². The first-order valence-electron chi connectivity index (χ1n) is 6.43. The van der Waals surface area contributed by atoms with E-state index in [4.69, 9.17) is 5.14 Å². The summed E-state index contributed by atoms with van der Waals surface area (Å²) >= 11 is 0. The van der Waals surface area contributed by atoms with E-state index in [2.05, 4.69) is 5.32 Å². The second-order valence-corrected chi connectivity index (χ2v) is 6.54. The Morgan fingerprint density at radius 3 is 2.52 bits per heavy atom. The number of phenols is 1. The molecular formula is C15H18N2O3S. The molecule has 0 saturated carbocycles. The molecule has 0 saturated heterocycles. The highest BCUT2D eigenvalue weighted by Crippen LogP contribution is 2.22. The van der Waals surface area contributed by atoms with Crippen LogP contribution in [0, 0.1) is 13.8 Å². The van der Waals surface area contributed by atoms with E-state index < -0.39 is 10.0 Å². The molecule has 0 bridgehead atoms. The van der Waals surface area contributed by atoms with Gasteiger partial charge in [0.2, 0.25) is 10.0 Å². The van der Waals surface area contributed by atoms with Gasteiger partial charge in [0.15, 0.2) is 0 Å². The minimum Gasteiger partial charge on any atom is -0.508 e. The number of anilines is 1. The van der Waals surface area contributed by atoms with Crippen molar-refractivity contribution in [1.82, 2.24) is 0 Å². The molecule has 2 aromatic rings. The second kappa shape index (κ2) is 5.75. The molecule has 2 rings (SSSR count). The maximum Gasteiger partial charge on any atom is 0.238 e. The fourth-order valence-electron chi connectivity index (χ4n) is 2.07. The summed E-state index contributed by atoms with van der Waals surface area (Å²) in [6.45, 7) is 4.02. The van der Waals surface area contributed by atoms with E-state index in [9.17, 15) is 13.5 Å². The predicted molar refractivity (Wildman–Crippen MR) is 82.7 cm³/mol. The fraction of sp³-hybridized carbons (Fsp3) is 0.200. The van der Waals surface area contributed by atoms with Gasteiger partial charge in [-0.05, 0) is 37.6 Å². The molecule has 0 aliphatic carbocycles. The number of aromatic hydroxyl groups is 1. The van der Waals surface area contributed by atoms with Gasteiger partial charge in [0.05, 0.1) is 4.90 Å². The van der Waals surface area contributed by atoms with Crippen molar-refractivity contribution in [2.75, 3.05) is 5.32 Å². The highest BCUT2D eigenvalue weighted by atomic mass is 32.2. The summed E-state index contributed by atoms with van der Waals surface area (Å²) in [7, 11) is -3.74. The molecule has 4 N–H and O–H groups in total. The van der Waals surface area contributed by atoms with Gasteiger partial charge in [-0.1, -0.05) is 23.8 Å². The monoisotopic (exact) mass is 306 g/mol. The van der Waals surface area contributed by atoms with E-state index in [0.29, 0.717) is 17.8 Å². The number of benzene rings is 2. The van der Waals surface area contributed by atoms with Crippen molar-refractivity contribution in [3.8, 4) is 5.75 Å². The van der Waals surface area contributed by atoms with Crippen molar-refractivity contribution in [3.63, 3.8) is 0 Å². The van der Waals surface area contributed by atoms with Crippen LogP contribution in [0.15, 0.2) is 41.3 Å². The molecule has 0 unspecified atom stereocenters. The topological polar surface area (TPSA) is 92.4 Å². The number of nitrogens with one attached hydrogen (secondary N) is 1. The van der Waals surface area contributed by atoms with Crippen LogP contribution < -0.4 is 10.5 Å². The lowest BCUT2D eigenvalue weighted by atomic mass is 10.1. The maximum atomic E-state index is 11.5. The van der Waals surface area contributed by atoms with Crippen LogP contribution in [0.2, 0.25) is 0 Å². The van der Waals surface area contributed by atoms with Gasteiger partial charge >= 0.3 is 0 Å². The minimum atomic E-state index is -3.74. The van der Waals surface area contributed by atoms with E-state index in [-0.39, 0.29) is 10.6 Å². The molecule has 21 heavy (non-hydrogen) atoms. The van der Waals surface area contributed by atoms with Crippen molar-refractivity contribution in [2.24, 2.45) is 5.14 Å². The molecule has 0 amide bonds. The molecule has 0 aliphatic heterocycles. The Balaban J connectivity index is 2.23. The Kier molecular flexibility index (Phi) is 4.20. The van der Waals surface area contributed by atoms with E-state index in [1.165, 1.54) is 6.07 Å². The lowest BCUT2D eigenvalue weighted by Crippen LogP contribution is -2.14. The highest BCUT2D eigenvalue weighted by Gasteiger charge is 2.12. The third-order valence-corrected chi connectivity index (χ3v) is 4.27. The molecule has 0 atom stereocenters. The quantitative estimate of drug-likeness (QED) is 0.808. The van der Waals surface area contributed by atoms with Gasteiger partial charge in [-0.25, -0.2) is 13.6 Å². The van der Waals surface area contributed by atoms with Crippen LogP contribution in [0.4, 0.5) is 5.69 Å². The molecule has 0 aromatic heterocycles. The molecular weight excluding hydrogens is 288 g/mol. The normalized spacial score (nSPS) is 11.4. The fourth-order valence-corrected chi connectivity index (χ4v) is 2.88. The van der Waals surface area contributed by atoms with Crippen LogP contribution >= 0.6 is 0 Å². The number of primary sulfonamides is 1. The van der Waals surface area contributed by atoms with Gasteiger partial charge in [0.25, 0.3) is 0 Å². The van der Waals surface area contributed by atoms with Crippen LogP contribution in [0.25, 0.3) is 0 Å². The Bertz CT molecular complexity index is 770. The van der Waals surface area contributed by atoms with Crippen LogP contribution in [0.1, 0.15) is 16.7 Å². The average Bonchev–Trinajstić information content (AvgIpc) is 2.40. The lowest BCUT2D eigenvalue weighted by Gasteiger charge is -2.11. The number of sulfonamides is 1. The Labute approximate surface area is 124 Å². The molecule has 0 spiro atoms. The molecule has 0 heterocycles. The molecule has 6 heteroatoms. The van der Waals surface area contributed by atoms with Crippen molar-refractivity contribution in [3.05, 3.63) is 53.1 Å². The number of phenolic OH excluding ortho intramolecular Hbond substituents is 1. The second-order valence-electron chi connectivity index (χ2n) is 5.01. The van der Waals surface area contributed by atoms with Gasteiger partial charge in [-0.15, -0.1) is 0 Å². The number of hydrogen-bond acceptors (Lipinski definition) is 4. The van der Waals surface area contributed by atoms with Crippen LogP contribution in [0.3, 0.4) is 0 Å². The van der Waals surface area contributed by atoms with E-state index in [0.717, 1.165) is 11.1 Å². The lowest BCUT2D eigenvalue weighted by molar-refractivity contribution is 0.469. The largest absolute Gasteiger partial charge is 0.508 e. The van der Waals surface area contributed by atoms with Gasteiger partial charge in [-0.2, -0.15) is 0 Å². The zero-order valence-electron chi connectivity index (χ0n) is 11.9. The highest BCUT2D eigenvalue weighted by molar-refractivity contribution is 7.89. The Hall–Kier alpha value is -2.05. The molecule has 0 radical (unpaired) electrons. The predicted octanol–water partition coefficient (Wildman–Crippen LogP) is 2.27. The summed E-state index contributed by atoms with van der Waals surface area (Å²) in [5.41, 5.74) is 3.01. The first-order valence-corrected chi connectivity index (χ1v) is 7.98. The number of rotatable bonds is 4. The summed E-state index contributed by atoms with van der Waals surface area (Å²) in [4.78, 5) is 0.0981. The van der Waals surface area contributed by atoms with Crippen LogP contribution in [-0.4, -0.2) is 13.5 Å². The average molecular weight is 306 g/mol.